The molecule has 0 saturated carbocycles. The van der Waals surface area contributed by atoms with Gasteiger partial charge in [-0.3, -0.25) is 4.79 Å². The molecule has 0 aliphatic rings. The molecule has 0 saturated heterocycles. The Morgan fingerprint density at radius 2 is 2.25 bits per heavy atom. The summed E-state index contributed by atoms with van der Waals surface area (Å²) in [6.45, 7) is 1.73. The molecule has 5 heteroatoms. The van der Waals surface area contributed by atoms with Crippen LogP contribution in [0.4, 0.5) is 0 Å². The smallest absolute Gasteiger partial charge is 0.322 e. The van der Waals surface area contributed by atoms with Crippen molar-refractivity contribution in [2.45, 2.75) is 19.4 Å². The molecule has 0 aliphatic heterocycles. The fraction of sp³-hybridized carbons (Fsp3) is 0.364. The fourth-order valence-electron chi connectivity index (χ4n) is 1.41. The highest BCUT2D eigenvalue weighted by atomic mass is 35.5. The van der Waals surface area contributed by atoms with Gasteiger partial charge in [-0.25, -0.2) is 0 Å². The van der Waals surface area contributed by atoms with Crippen LogP contribution < -0.4 is 5.73 Å². The molecule has 0 unspecified atom stereocenters. The minimum absolute atomic E-state index is 0.0528. The van der Waals surface area contributed by atoms with Crippen LogP contribution in [0.1, 0.15) is 11.1 Å². The first kappa shape index (κ1) is 12.8. The fourth-order valence-corrected chi connectivity index (χ4v) is 1.70. The maximum absolute atomic E-state index is 11.1. The topological polar surface area (TPSA) is 72.5 Å². The average Bonchev–Trinajstić information content (AvgIpc) is 2.24. The van der Waals surface area contributed by atoms with E-state index in [9.17, 15) is 9.90 Å². The lowest BCUT2D eigenvalue weighted by molar-refractivity contribution is -0.142. The minimum Gasteiger partial charge on any atom is -0.506 e. The number of aryl methyl sites for hydroxylation is 1. The van der Waals surface area contributed by atoms with E-state index in [1.165, 1.54) is 7.11 Å². The molecule has 0 heterocycles. The number of aromatic hydroxyl groups is 1. The Hall–Kier alpha value is -1.26. The summed E-state index contributed by atoms with van der Waals surface area (Å²) in [5.41, 5.74) is 7.06. The van der Waals surface area contributed by atoms with Gasteiger partial charge in [0.1, 0.15) is 11.8 Å². The average molecular weight is 244 g/mol. The molecule has 0 aromatic heterocycles. The van der Waals surface area contributed by atoms with E-state index < -0.39 is 12.0 Å². The number of nitrogens with two attached hydrogens (primary N) is 1. The molecular weight excluding hydrogens is 230 g/mol. The SMILES string of the molecule is COC(=O)[C@H](N)Cc1cc(C)c(O)c(Cl)c1. The maximum Gasteiger partial charge on any atom is 0.322 e. The van der Waals surface area contributed by atoms with Crippen molar-refractivity contribution in [2.24, 2.45) is 5.73 Å². The third kappa shape index (κ3) is 2.87. The second-order valence-corrected chi connectivity index (χ2v) is 3.98. The third-order valence-electron chi connectivity index (χ3n) is 2.27. The number of esters is 1. The van der Waals surface area contributed by atoms with E-state index in [2.05, 4.69) is 4.74 Å². The Kier molecular flexibility index (Phi) is 4.15. The normalized spacial score (nSPS) is 12.2. The van der Waals surface area contributed by atoms with Crippen LogP contribution in [0.25, 0.3) is 0 Å². The van der Waals surface area contributed by atoms with Gasteiger partial charge in [0.05, 0.1) is 12.1 Å². The van der Waals surface area contributed by atoms with E-state index in [4.69, 9.17) is 17.3 Å². The highest BCUT2D eigenvalue weighted by molar-refractivity contribution is 6.32. The summed E-state index contributed by atoms with van der Waals surface area (Å²) >= 11 is 5.81. The van der Waals surface area contributed by atoms with Gasteiger partial charge in [0.25, 0.3) is 0 Å². The molecule has 3 N–H and O–H groups in total. The van der Waals surface area contributed by atoms with Gasteiger partial charge in [-0.2, -0.15) is 0 Å². The minimum atomic E-state index is -0.718. The molecule has 88 valence electrons. The summed E-state index contributed by atoms with van der Waals surface area (Å²) in [5, 5.41) is 9.72. The maximum atomic E-state index is 11.1. The lowest BCUT2D eigenvalue weighted by Gasteiger charge is -2.11. The number of methoxy groups -OCH3 is 1. The van der Waals surface area contributed by atoms with Crippen molar-refractivity contribution >= 4 is 17.6 Å². The van der Waals surface area contributed by atoms with Gasteiger partial charge in [-0.1, -0.05) is 17.7 Å². The quantitative estimate of drug-likeness (QED) is 0.787. The molecule has 1 aromatic carbocycles. The Bertz CT molecular complexity index is 383. The molecule has 1 rings (SSSR count). The Balaban J connectivity index is 2.86. The first-order chi connectivity index (χ1) is 7.45. The number of hydrogen-bond acceptors (Lipinski definition) is 4. The standard InChI is InChI=1S/C11H14ClNO3/c1-6-3-7(4-8(12)10(6)14)5-9(13)11(15)16-2/h3-4,9,14H,5,13H2,1-2H3/t9-/m1/s1. The van der Waals surface area contributed by atoms with Crippen LogP contribution in [0, 0.1) is 6.92 Å². The van der Waals surface area contributed by atoms with Crippen molar-refractivity contribution < 1.29 is 14.6 Å². The number of halogens is 1. The van der Waals surface area contributed by atoms with Crippen LogP contribution >= 0.6 is 11.6 Å². The lowest BCUT2D eigenvalue weighted by Crippen LogP contribution is -2.33. The van der Waals surface area contributed by atoms with E-state index in [-0.39, 0.29) is 10.8 Å². The highest BCUT2D eigenvalue weighted by Crippen LogP contribution is 2.28. The van der Waals surface area contributed by atoms with Gasteiger partial charge in [0.15, 0.2) is 0 Å². The summed E-state index contributed by atoms with van der Waals surface area (Å²) in [7, 11) is 1.29. The number of carbonyl (C=O) groups excluding carboxylic acids is 1. The van der Waals surface area contributed by atoms with Crippen molar-refractivity contribution in [3.63, 3.8) is 0 Å². The molecule has 0 bridgehead atoms. The van der Waals surface area contributed by atoms with Crippen LogP contribution in [0.3, 0.4) is 0 Å². The molecule has 16 heavy (non-hydrogen) atoms. The zero-order valence-corrected chi connectivity index (χ0v) is 9.91. The first-order valence-electron chi connectivity index (χ1n) is 4.77. The Morgan fingerprint density at radius 3 is 2.75 bits per heavy atom. The molecule has 0 radical (unpaired) electrons. The number of hydrogen-bond donors (Lipinski definition) is 2. The predicted molar refractivity (Wildman–Crippen MR) is 61.5 cm³/mol. The van der Waals surface area contributed by atoms with Gasteiger partial charge < -0.3 is 15.6 Å². The zero-order chi connectivity index (χ0) is 12.3. The van der Waals surface area contributed by atoms with Crippen LogP contribution in [-0.2, 0) is 16.0 Å². The lowest BCUT2D eigenvalue weighted by atomic mass is 10.0. The third-order valence-corrected chi connectivity index (χ3v) is 2.56. The van der Waals surface area contributed by atoms with Crippen molar-refractivity contribution in [1.29, 1.82) is 0 Å². The van der Waals surface area contributed by atoms with Crippen molar-refractivity contribution in [1.82, 2.24) is 0 Å². The van der Waals surface area contributed by atoms with Crippen LogP contribution in [0.15, 0.2) is 12.1 Å². The van der Waals surface area contributed by atoms with Gasteiger partial charge in [0.2, 0.25) is 0 Å². The largest absolute Gasteiger partial charge is 0.506 e. The van der Waals surface area contributed by atoms with E-state index >= 15 is 0 Å². The van der Waals surface area contributed by atoms with E-state index in [0.29, 0.717) is 12.0 Å². The van der Waals surface area contributed by atoms with E-state index in [0.717, 1.165) is 5.56 Å². The van der Waals surface area contributed by atoms with Crippen LogP contribution in [-0.4, -0.2) is 24.2 Å². The number of benzene rings is 1. The number of carbonyl (C=O) groups is 1. The number of phenols is 1. The summed E-state index contributed by atoms with van der Waals surface area (Å²) in [6.07, 6.45) is 0.327. The van der Waals surface area contributed by atoms with E-state index in [1.807, 2.05) is 0 Å². The first-order valence-corrected chi connectivity index (χ1v) is 5.15. The van der Waals surface area contributed by atoms with Crippen molar-refractivity contribution in [3.05, 3.63) is 28.3 Å². The molecule has 1 atom stereocenters. The predicted octanol–water partition coefficient (Wildman–Crippen LogP) is 1.40. The number of rotatable bonds is 3. The Morgan fingerprint density at radius 1 is 1.62 bits per heavy atom. The summed E-state index contributed by atoms with van der Waals surface area (Å²) in [6, 6.07) is 2.61. The molecule has 0 fully saturated rings. The number of ether oxygens (including phenoxy) is 1. The van der Waals surface area contributed by atoms with Crippen LogP contribution in [0.2, 0.25) is 5.02 Å². The molecule has 0 amide bonds. The molecule has 0 spiro atoms. The highest BCUT2D eigenvalue weighted by Gasteiger charge is 2.15. The van der Waals surface area contributed by atoms with Crippen molar-refractivity contribution in [3.8, 4) is 5.75 Å². The second kappa shape index (κ2) is 5.18. The summed E-state index contributed by atoms with van der Waals surface area (Å²) in [4.78, 5) is 11.1. The second-order valence-electron chi connectivity index (χ2n) is 3.58. The van der Waals surface area contributed by atoms with Gasteiger partial charge in [-0.05, 0) is 30.5 Å². The monoisotopic (exact) mass is 243 g/mol. The molecule has 0 aliphatic carbocycles. The summed E-state index contributed by atoms with van der Waals surface area (Å²) in [5.74, 6) is -0.418. The number of phenolic OH excluding ortho intramolecular Hbond substituents is 1. The summed E-state index contributed by atoms with van der Waals surface area (Å²) < 4.78 is 4.52. The Labute approximate surface area is 99.0 Å². The van der Waals surface area contributed by atoms with Crippen molar-refractivity contribution in [2.75, 3.05) is 7.11 Å². The molecule has 4 nitrogen and oxygen atoms in total. The zero-order valence-electron chi connectivity index (χ0n) is 9.16. The van der Waals surface area contributed by atoms with E-state index in [1.54, 1.807) is 19.1 Å². The van der Waals surface area contributed by atoms with Gasteiger partial charge in [-0.15, -0.1) is 0 Å². The molecule has 1 aromatic rings. The molecular formula is C11H14ClNO3. The van der Waals surface area contributed by atoms with Crippen LogP contribution in [0.5, 0.6) is 5.75 Å². The van der Waals surface area contributed by atoms with Gasteiger partial charge in [0, 0.05) is 0 Å². The van der Waals surface area contributed by atoms with Gasteiger partial charge >= 0.3 is 5.97 Å².